The van der Waals surface area contributed by atoms with Crippen LogP contribution in [-0.2, 0) is 20.9 Å². The van der Waals surface area contributed by atoms with Gasteiger partial charge in [0.2, 0.25) is 5.91 Å². The monoisotopic (exact) mass is 498 g/mol. The zero-order valence-corrected chi connectivity index (χ0v) is 22.0. The van der Waals surface area contributed by atoms with Crippen LogP contribution in [0.1, 0.15) is 56.9 Å². The highest BCUT2D eigenvalue weighted by atomic mass is 16.5. The molecule has 7 heteroatoms. The van der Waals surface area contributed by atoms with Crippen molar-refractivity contribution in [3.8, 4) is 11.5 Å². The Labute approximate surface area is 216 Å². The van der Waals surface area contributed by atoms with E-state index < -0.39 is 0 Å². The van der Waals surface area contributed by atoms with Crippen LogP contribution < -0.4 is 14.8 Å². The topological polar surface area (TPSA) is 77.1 Å². The third-order valence-electron chi connectivity index (χ3n) is 5.73. The molecule has 0 aliphatic carbocycles. The van der Waals surface area contributed by atoms with Gasteiger partial charge in [0.25, 0.3) is 0 Å². The van der Waals surface area contributed by atoms with Crippen LogP contribution in [0.5, 0.6) is 11.5 Å². The molecule has 0 bridgehead atoms. The first-order valence-corrected chi connectivity index (χ1v) is 12.9. The molecule has 0 saturated carbocycles. The number of hydrogen-bond donors (Lipinski definition) is 1. The first-order valence-electron chi connectivity index (χ1n) is 12.9. The molecule has 0 heterocycles. The van der Waals surface area contributed by atoms with E-state index in [2.05, 4.69) is 5.32 Å². The Hall–Kier alpha value is -3.06. The Bertz CT molecular complexity index is 871. The van der Waals surface area contributed by atoms with Gasteiger partial charge in [0.1, 0.15) is 18.1 Å². The SMILES string of the molecule is COc1ccc(OCCCCCCCCC(=O)NC(CC(=O)OCc2ccccc2)CN(C)C)cc1. The third kappa shape index (κ3) is 13.1. The summed E-state index contributed by atoms with van der Waals surface area (Å²) in [5.41, 5.74) is 0.948. The number of benzene rings is 2. The van der Waals surface area contributed by atoms with E-state index >= 15 is 0 Å². The van der Waals surface area contributed by atoms with Gasteiger partial charge in [-0.05, 0) is 56.8 Å². The minimum absolute atomic E-state index is 0.00870. The second kappa shape index (κ2) is 17.4. The maximum absolute atomic E-state index is 12.4. The zero-order valence-electron chi connectivity index (χ0n) is 22.0. The number of nitrogens with one attached hydrogen (secondary N) is 1. The van der Waals surface area contributed by atoms with Crippen molar-refractivity contribution in [2.45, 2.75) is 64.0 Å². The van der Waals surface area contributed by atoms with Gasteiger partial charge in [-0.25, -0.2) is 0 Å². The molecule has 36 heavy (non-hydrogen) atoms. The normalized spacial score (nSPS) is 11.7. The van der Waals surface area contributed by atoms with Crippen LogP contribution in [0.3, 0.4) is 0 Å². The van der Waals surface area contributed by atoms with Gasteiger partial charge < -0.3 is 24.4 Å². The molecular formula is C29H42N2O5. The predicted molar refractivity (Wildman–Crippen MR) is 142 cm³/mol. The number of hydrogen-bond acceptors (Lipinski definition) is 6. The predicted octanol–water partition coefficient (Wildman–Crippen LogP) is 4.98. The summed E-state index contributed by atoms with van der Waals surface area (Å²) in [6.45, 7) is 1.54. The fourth-order valence-corrected chi connectivity index (χ4v) is 3.86. The number of carbonyl (C=O) groups excluding carboxylic acids is 2. The van der Waals surface area contributed by atoms with Crippen molar-refractivity contribution in [1.82, 2.24) is 10.2 Å². The highest BCUT2D eigenvalue weighted by Gasteiger charge is 2.18. The standard InChI is InChI=1S/C29H42N2O5/c1-31(2)22-25(21-29(33)36-23-24-13-9-8-10-14-24)30-28(32)15-11-6-4-5-7-12-20-35-27-18-16-26(34-3)17-19-27/h8-10,13-14,16-19,25H,4-7,11-12,15,20-23H2,1-3H3,(H,30,32). The van der Waals surface area contributed by atoms with Gasteiger partial charge in [0.05, 0.1) is 26.2 Å². The Kier molecular flexibility index (Phi) is 14.1. The van der Waals surface area contributed by atoms with Crippen LogP contribution in [0.25, 0.3) is 0 Å². The molecule has 7 nitrogen and oxygen atoms in total. The Morgan fingerprint density at radius 1 is 0.861 bits per heavy atom. The molecule has 0 aliphatic heterocycles. The van der Waals surface area contributed by atoms with E-state index in [1.165, 1.54) is 0 Å². The summed E-state index contributed by atoms with van der Waals surface area (Å²) in [5.74, 6) is 1.37. The van der Waals surface area contributed by atoms with Crippen LogP contribution in [0.2, 0.25) is 0 Å². The van der Waals surface area contributed by atoms with E-state index in [0.29, 0.717) is 19.6 Å². The second-order valence-corrected chi connectivity index (χ2v) is 9.27. The minimum Gasteiger partial charge on any atom is -0.497 e. The molecule has 0 radical (unpaired) electrons. The minimum atomic E-state index is -0.304. The van der Waals surface area contributed by atoms with Crippen molar-refractivity contribution in [2.24, 2.45) is 0 Å². The molecule has 0 aromatic heterocycles. The number of amides is 1. The van der Waals surface area contributed by atoms with Gasteiger partial charge in [0.15, 0.2) is 0 Å². The number of methoxy groups -OCH3 is 1. The molecular weight excluding hydrogens is 456 g/mol. The lowest BCUT2D eigenvalue weighted by Crippen LogP contribution is -2.43. The highest BCUT2D eigenvalue weighted by Crippen LogP contribution is 2.17. The molecule has 0 saturated heterocycles. The number of ether oxygens (including phenoxy) is 3. The maximum atomic E-state index is 12.4. The van der Waals surface area contributed by atoms with Crippen molar-refractivity contribution >= 4 is 11.9 Å². The number of nitrogens with zero attached hydrogens (tertiary/aromatic N) is 1. The molecule has 1 unspecified atom stereocenters. The molecule has 2 aromatic carbocycles. The molecule has 0 aliphatic rings. The number of likely N-dealkylation sites (N-methyl/N-ethyl adjacent to an activating group) is 1. The van der Waals surface area contributed by atoms with Gasteiger partial charge in [-0.15, -0.1) is 0 Å². The van der Waals surface area contributed by atoms with Crippen LogP contribution >= 0.6 is 0 Å². The number of unbranched alkanes of at least 4 members (excludes halogenated alkanes) is 5. The molecule has 1 amide bonds. The largest absolute Gasteiger partial charge is 0.497 e. The summed E-state index contributed by atoms with van der Waals surface area (Å²) < 4.78 is 16.3. The van der Waals surface area contributed by atoms with E-state index in [4.69, 9.17) is 14.2 Å². The van der Waals surface area contributed by atoms with Crippen molar-refractivity contribution in [3.05, 3.63) is 60.2 Å². The highest BCUT2D eigenvalue weighted by molar-refractivity contribution is 5.77. The summed E-state index contributed by atoms with van der Waals surface area (Å²) in [7, 11) is 5.50. The van der Waals surface area contributed by atoms with Crippen molar-refractivity contribution in [3.63, 3.8) is 0 Å². The average Bonchev–Trinajstić information content (AvgIpc) is 2.87. The van der Waals surface area contributed by atoms with Crippen LogP contribution in [-0.4, -0.2) is 57.2 Å². The lowest BCUT2D eigenvalue weighted by atomic mass is 10.1. The number of rotatable bonds is 18. The van der Waals surface area contributed by atoms with Gasteiger partial charge in [-0.1, -0.05) is 56.0 Å². The third-order valence-corrected chi connectivity index (χ3v) is 5.73. The Morgan fingerprint density at radius 3 is 2.17 bits per heavy atom. The fourth-order valence-electron chi connectivity index (χ4n) is 3.86. The second-order valence-electron chi connectivity index (χ2n) is 9.27. The molecule has 0 fully saturated rings. The molecule has 198 valence electrons. The van der Waals surface area contributed by atoms with Gasteiger partial charge in [0, 0.05) is 13.0 Å². The van der Waals surface area contributed by atoms with Crippen LogP contribution in [0, 0.1) is 0 Å². The van der Waals surface area contributed by atoms with Crippen molar-refractivity contribution in [1.29, 1.82) is 0 Å². The Balaban J connectivity index is 1.54. The molecule has 2 rings (SSSR count). The summed E-state index contributed by atoms with van der Waals surface area (Å²) in [6, 6.07) is 17.0. The lowest BCUT2D eigenvalue weighted by Gasteiger charge is -2.22. The molecule has 2 aromatic rings. The summed E-state index contributed by atoms with van der Waals surface area (Å²) in [6.07, 6.45) is 6.86. The molecule has 1 N–H and O–H groups in total. The first kappa shape index (κ1) is 29.2. The van der Waals surface area contributed by atoms with E-state index in [9.17, 15) is 9.59 Å². The summed E-state index contributed by atoms with van der Waals surface area (Å²) in [5, 5.41) is 3.01. The van der Waals surface area contributed by atoms with E-state index in [0.717, 1.165) is 55.6 Å². The molecule has 0 spiro atoms. The van der Waals surface area contributed by atoms with Gasteiger partial charge in [-0.3, -0.25) is 9.59 Å². The number of esters is 1. The van der Waals surface area contributed by atoms with Gasteiger partial charge in [-0.2, -0.15) is 0 Å². The summed E-state index contributed by atoms with van der Waals surface area (Å²) >= 11 is 0. The smallest absolute Gasteiger partial charge is 0.308 e. The zero-order chi connectivity index (χ0) is 26.0. The summed E-state index contributed by atoms with van der Waals surface area (Å²) in [4.78, 5) is 26.7. The van der Waals surface area contributed by atoms with E-state index in [-0.39, 0.29) is 30.9 Å². The van der Waals surface area contributed by atoms with Crippen molar-refractivity contribution in [2.75, 3.05) is 34.4 Å². The number of carbonyl (C=O) groups is 2. The molecule has 1 atom stereocenters. The van der Waals surface area contributed by atoms with Crippen molar-refractivity contribution < 1.29 is 23.8 Å². The lowest BCUT2D eigenvalue weighted by molar-refractivity contribution is -0.145. The van der Waals surface area contributed by atoms with Gasteiger partial charge >= 0.3 is 5.97 Å². The maximum Gasteiger partial charge on any atom is 0.308 e. The van der Waals surface area contributed by atoms with Crippen LogP contribution in [0.4, 0.5) is 0 Å². The van der Waals surface area contributed by atoms with E-state index in [1.54, 1.807) is 7.11 Å². The van der Waals surface area contributed by atoms with Crippen LogP contribution in [0.15, 0.2) is 54.6 Å². The first-order chi connectivity index (χ1) is 17.5. The van der Waals surface area contributed by atoms with E-state index in [1.807, 2.05) is 73.6 Å². The average molecular weight is 499 g/mol. The Morgan fingerprint density at radius 2 is 1.50 bits per heavy atom. The quantitative estimate of drug-likeness (QED) is 0.231. The fraction of sp³-hybridized carbons (Fsp3) is 0.517.